The van der Waals surface area contributed by atoms with Gasteiger partial charge in [-0.3, -0.25) is 0 Å². The molecule has 1 heterocycles. The molecule has 0 fully saturated rings. The number of aromatic hydroxyl groups is 1. The van der Waals surface area contributed by atoms with Crippen LogP contribution in [-0.4, -0.2) is 11.3 Å². The predicted octanol–water partition coefficient (Wildman–Crippen LogP) is 1.73. The molecule has 0 aromatic heterocycles. The van der Waals surface area contributed by atoms with Gasteiger partial charge < -0.3 is 10.4 Å². The molecular weight excluding hydrogens is 152 g/mol. The van der Waals surface area contributed by atoms with Gasteiger partial charge in [-0.25, -0.2) is 4.99 Å². The van der Waals surface area contributed by atoms with Crippen molar-refractivity contribution in [3.63, 3.8) is 0 Å². The molecule has 3 nitrogen and oxygen atoms in total. The van der Waals surface area contributed by atoms with E-state index in [1.165, 1.54) is 0 Å². The first-order valence-corrected chi connectivity index (χ1v) is 3.65. The standard InChI is InChI=1S/C9H8N2O/c12-8-4-2-1-3-7(8)11-9-5-6-10-9/h1-6,12H,(H,10,11). The van der Waals surface area contributed by atoms with Crippen LogP contribution in [0.25, 0.3) is 0 Å². The van der Waals surface area contributed by atoms with Crippen LogP contribution in [0.1, 0.15) is 0 Å². The van der Waals surface area contributed by atoms with E-state index in [1.54, 1.807) is 24.4 Å². The van der Waals surface area contributed by atoms with Crippen LogP contribution in [0.3, 0.4) is 0 Å². The normalized spacial score (nSPS) is 13.5. The van der Waals surface area contributed by atoms with Gasteiger partial charge in [0.05, 0.1) is 5.69 Å². The highest BCUT2D eigenvalue weighted by Gasteiger charge is 2.02. The summed E-state index contributed by atoms with van der Waals surface area (Å²) in [4.78, 5) is 3.92. The van der Waals surface area contributed by atoms with Gasteiger partial charge in [0.1, 0.15) is 11.6 Å². The molecule has 0 atom stereocenters. The van der Waals surface area contributed by atoms with Crippen LogP contribution < -0.4 is 5.32 Å². The lowest BCUT2D eigenvalue weighted by Crippen LogP contribution is -2.02. The van der Waals surface area contributed by atoms with E-state index in [0.29, 0.717) is 5.69 Å². The van der Waals surface area contributed by atoms with Gasteiger partial charge in [0.2, 0.25) is 0 Å². The van der Waals surface area contributed by atoms with Gasteiger partial charge in [0.25, 0.3) is 0 Å². The molecule has 1 aliphatic heterocycles. The van der Waals surface area contributed by atoms with Gasteiger partial charge in [-0.1, -0.05) is 12.1 Å². The Morgan fingerprint density at radius 3 is 2.58 bits per heavy atom. The Labute approximate surface area is 70.1 Å². The Balaban J connectivity index is 2.17. The molecular formula is C9H8N2O. The zero-order valence-electron chi connectivity index (χ0n) is 6.36. The molecule has 0 amide bonds. The predicted molar refractivity (Wildman–Crippen MR) is 48.3 cm³/mol. The molecule has 0 aliphatic carbocycles. The van der Waals surface area contributed by atoms with E-state index in [-0.39, 0.29) is 5.75 Å². The summed E-state index contributed by atoms with van der Waals surface area (Å²) in [5.74, 6) is 1.01. The lowest BCUT2D eigenvalue weighted by Gasteiger charge is -2.10. The van der Waals surface area contributed by atoms with E-state index < -0.39 is 0 Å². The molecule has 0 saturated carbocycles. The number of phenols is 1. The van der Waals surface area contributed by atoms with Gasteiger partial charge in [-0.05, 0) is 18.2 Å². The summed E-state index contributed by atoms with van der Waals surface area (Å²) >= 11 is 0. The summed E-state index contributed by atoms with van der Waals surface area (Å²) < 4.78 is 0. The van der Waals surface area contributed by atoms with Crippen molar-refractivity contribution in [3.05, 3.63) is 36.2 Å². The smallest absolute Gasteiger partial charge is 0.139 e. The van der Waals surface area contributed by atoms with Gasteiger partial charge in [0, 0.05) is 6.21 Å². The molecule has 0 bridgehead atoms. The van der Waals surface area contributed by atoms with Gasteiger partial charge in [-0.2, -0.15) is 0 Å². The number of aliphatic imine (C=N–C) groups is 1. The maximum Gasteiger partial charge on any atom is 0.139 e. The van der Waals surface area contributed by atoms with E-state index in [1.807, 2.05) is 12.1 Å². The van der Waals surface area contributed by atoms with Crippen LogP contribution in [0.15, 0.2) is 41.2 Å². The highest BCUT2D eigenvalue weighted by atomic mass is 16.3. The lowest BCUT2D eigenvalue weighted by molar-refractivity contribution is 0.477. The number of para-hydroxylation sites is 2. The number of phenolic OH excluding ortho intramolecular Hbond substituents is 1. The van der Waals surface area contributed by atoms with Crippen molar-refractivity contribution in [3.8, 4) is 5.75 Å². The minimum Gasteiger partial charge on any atom is -0.506 e. The molecule has 1 aliphatic rings. The molecule has 2 rings (SSSR count). The first-order chi connectivity index (χ1) is 5.86. The van der Waals surface area contributed by atoms with Crippen LogP contribution in [0.2, 0.25) is 0 Å². The lowest BCUT2D eigenvalue weighted by atomic mass is 10.3. The Kier molecular flexibility index (Phi) is 1.55. The zero-order chi connectivity index (χ0) is 8.39. The van der Waals surface area contributed by atoms with Crippen molar-refractivity contribution in [1.29, 1.82) is 0 Å². The van der Waals surface area contributed by atoms with Crippen molar-refractivity contribution in [2.75, 3.05) is 5.32 Å². The molecule has 0 unspecified atom stereocenters. The summed E-state index contributed by atoms with van der Waals surface area (Å²) in [7, 11) is 0. The third-order valence-electron chi connectivity index (χ3n) is 1.61. The highest BCUT2D eigenvalue weighted by Crippen LogP contribution is 2.23. The maximum atomic E-state index is 9.34. The third-order valence-corrected chi connectivity index (χ3v) is 1.61. The summed E-state index contributed by atoms with van der Waals surface area (Å²) in [6.07, 6.45) is 3.54. The molecule has 2 N–H and O–H groups in total. The number of nitrogens with zero attached hydrogens (tertiary/aromatic N) is 1. The number of nitrogens with one attached hydrogen (secondary N) is 1. The zero-order valence-corrected chi connectivity index (χ0v) is 6.36. The number of hydrogen-bond acceptors (Lipinski definition) is 3. The Morgan fingerprint density at radius 1 is 1.25 bits per heavy atom. The van der Waals surface area contributed by atoms with E-state index in [4.69, 9.17) is 0 Å². The molecule has 0 radical (unpaired) electrons. The Hall–Kier alpha value is -1.77. The quantitative estimate of drug-likeness (QED) is 0.647. The number of hydrogen-bond donors (Lipinski definition) is 2. The second-order valence-corrected chi connectivity index (χ2v) is 2.47. The number of allylic oxidation sites excluding steroid dienone is 1. The fourth-order valence-electron chi connectivity index (χ4n) is 0.940. The summed E-state index contributed by atoms with van der Waals surface area (Å²) in [5, 5.41) is 12.3. The summed E-state index contributed by atoms with van der Waals surface area (Å²) in [6.45, 7) is 0. The fourth-order valence-corrected chi connectivity index (χ4v) is 0.940. The average Bonchev–Trinajstić information content (AvgIpc) is 2.00. The van der Waals surface area contributed by atoms with E-state index >= 15 is 0 Å². The van der Waals surface area contributed by atoms with Crippen molar-refractivity contribution in [1.82, 2.24) is 0 Å². The topological polar surface area (TPSA) is 44.6 Å². The molecule has 60 valence electrons. The van der Waals surface area contributed by atoms with Crippen LogP contribution in [-0.2, 0) is 0 Å². The number of anilines is 1. The van der Waals surface area contributed by atoms with Gasteiger partial charge in [-0.15, -0.1) is 0 Å². The monoisotopic (exact) mass is 160 g/mol. The van der Waals surface area contributed by atoms with Gasteiger partial charge >= 0.3 is 0 Å². The SMILES string of the molecule is Oc1ccccc1NC1=CC=N1. The second kappa shape index (κ2) is 2.70. The van der Waals surface area contributed by atoms with E-state index in [9.17, 15) is 5.11 Å². The number of benzene rings is 1. The Bertz CT molecular complexity index is 355. The van der Waals surface area contributed by atoms with Crippen LogP contribution in [0.4, 0.5) is 5.69 Å². The van der Waals surface area contributed by atoms with Crippen LogP contribution in [0, 0.1) is 0 Å². The van der Waals surface area contributed by atoms with E-state index in [0.717, 1.165) is 5.82 Å². The number of rotatable bonds is 2. The van der Waals surface area contributed by atoms with Gasteiger partial charge in [0.15, 0.2) is 0 Å². The first-order valence-electron chi connectivity index (χ1n) is 3.65. The highest BCUT2D eigenvalue weighted by molar-refractivity contribution is 5.81. The molecule has 3 heteroatoms. The van der Waals surface area contributed by atoms with Crippen LogP contribution in [0.5, 0.6) is 5.75 Å². The fraction of sp³-hybridized carbons (Fsp3) is 0. The largest absolute Gasteiger partial charge is 0.506 e. The maximum absolute atomic E-state index is 9.34. The third kappa shape index (κ3) is 1.16. The minimum atomic E-state index is 0.237. The summed E-state index contributed by atoms with van der Waals surface area (Å²) in [5.41, 5.74) is 0.681. The molecule has 0 saturated heterocycles. The van der Waals surface area contributed by atoms with Crippen molar-refractivity contribution in [2.24, 2.45) is 4.99 Å². The molecule has 1 aromatic rings. The second-order valence-electron chi connectivity index (χ2n) is 2.47. The summed E-state index contributed by atoms with van der Waals surface area (Å²) in [6, 6.07) is 7.05. The van der Waals surface area contributed by atoms with Crippen LogP contribution >= 0.6 is 0 Å². The first kappa shape index (κ1) is 6.91. The van der Waals surface area contributed by atoms with E-state index in [2.05, 4.69) is 10.3 Å². The van der Waals surface area contributed by atoms with Crippen molar-refractivity contribution < 1.29 is 5.11 Å². The minimum absolute atomic E-state index is 0.237. The molecule has 1 aromatic carbocycles. The van der Waals surface area contributed by atoms with Crippen molar-refractivity contribution >= 4 is 11.9 Å². The average molecular weight is 160 g/mol. The van der Waals surface area contributed by atoms with Crippen molar-refractivity contribution in [2.45, 2.75) is 0 Å². The Morgan fingerprint density at radius 2 is 2.00 bits per heavy atom. The molecule has 0 spiro atoms. The molecule has 12 heavy (non-hydrogen) atoms.